The second kappa shape index (κ2) is 6.11. The Kier molecular flexibility index (Phi) is 3.66. The number of amides is 2. The normalized spacial score (nSPS) is 18.4. The lowest BCUT2D eigenvalue weighted by Gasteiger charge is -2.19. The van der Waals surface area contributed by atoms with E-state index in [9.17, 15) is 4.79 Å². The number of hydrogen-bond acceptors (Lipinski definition) is 5. The number of benzene rings is 1. The molecule has 0 saturated heterocycles. The molecular formula is C17H15N3O4. The van der Waals surface area contributed by atoms with Crippen LogP contribution in [0.5, 0.6) is 5.75 Å². The smallest absolute Gasteiger partial charge is 0.324 e. The molecule has 122 valence electrons. The summed E-state index contributed by atoms with van der Waals surface area (Å²) in [5.41, 5.74) is 1.87. The summed E-state index contributed by atoms with van der Waals surface area (Å²) in [5.74, 6) is 1.32. The van der Waals surface area contributed by atoms with E-state index < -0.39 is 6.29 Å². The van der Waals surface area contributed by atoms with Crippen LogP contribution >= 0.6 is 0 Å². The summed E-state index contributed by atoms with van der Waals surface area (Å²) in [6.45, 7) is 0.339. The molecule has 4 rings (SSSR count). The van der Waals surface area contributed by atoms with Crippen molar-refractivity contribution in [2.75, 3.05) is 5.32 Å². The zero-order valence-electron chi connectivity index (χ0n) is 12.7. The van der Waals surface area contributed by atoms with Crippen LogP contribution in [0.25, 0.3) is 0 Å². The number of anilines is 1. The first-order valence-corrected chi connectivity index (χ1v) is 7.55. The maximum atomic E-state index is 11.3. The Bertz CT molecular complexity index is 792. The van der Waals surface area contributed by atoms with Gasteiger partial charge in [-0.05, 0) is 11.6 Å². The molecule has 0 bridgehead atoms. The molecule has 2 aliphatic heterocycles. The lowest BCUT2D eigenvalue weighted by molar-refractivity contribution is -0.0520. The first-order valence-electron chi connectivity index (χ1n) is 7.55. The highest BCUT2D eigenvalue weighted by molar-refractivity contribution is 5.91. The van der Waals surface area contributed by atoms with E-state index in [0.717, 1.165) is 11.1 Å². The number of pyridine rings is 1. The van der Waals surface area contributed by atoms with Gasteiger partial charge in [0, 0.05) is 12.6 Å². The van der Waals surface area contributed by atoms with Crippen LogP contribution in [0.1, 0.15) is 11.1 Å². The Morgan fingerprint density at radius 2 is 2.12 bits per heavy atom. The molecule has 1 atom stereocenters. The van der Waals surface area contributed by atoms with E-state index in [1.165, 1.54) is 6.26 Å². The summed E-state index contributed by atoms with van der Waals surface area (Å²) in [6.07, 6.45) is 3.22. The standard InChI is InChI=1S/C17H15N3O4/c21-17-19-9-12-13(6-7-18-16(12)20-17)23-15-10-22-14(24-15)8-11-4-2-1-3-5-11/h1-7,10,14H,8-9H2,(H2,18,19,20,21). The second-order valence-electron chi connectivity index (χ2n) is 5.36. The van der Waals surface area contributed by atoms with Gasteiger partial charge in [0.15, 0.2) is 6.26 Å². The summed E-state index contributed by atoms with van der Waals surface area (Å²) in [4.78, 5) is 15.5. The van der Waals surface area contributed by atoms with Gasteiger partial charge in [-0.15, -0.1) is 0 Å². The van der Waals surface area contributed by atoms with Crippen molar-refractivity contribution in [3.05, 3.63) is 65.9 Å². The lowest BCUT2D eigenvalue weighted by atomic mass is 10.1. The number of hydrogen-bond donors (Lipinski definition) is 2. The summed E-state index contributed by atoms with van der Waals surface area (Å²) in [7, 11) is 0. The average Bonchev–Trinajstić information content (AvgIpc) is 3.03. The van der Waals surface area contributed by atoms with E-state index in [0.29, 0.717) is 24.5 Å². The van der Waals surface area contributed by atoms with Gasteiger partial charge in [0.2, 0.25) is 6.29 Å². The molecule has 2 aromatic rings. The van der Waals surface area contributed by atoms with Crippen molar-refractivity contribution in [1.29, 1.82) is 0 Å². The predicted molar refractivity (Wildman–Crippen MR) is 84.9 cm³/mol. The van der Waals surface area contributed by atoms with Crippen LogP contribution < -0.4 is 15.4 Å². The fourth-order valence-electron chi connectivity index (χ4n) is 2.54. The van der Waals surface area contributed by atoms with E-state index >= 15 is 0 Å². The van der Waals surface area contributed by atoms with E-state index in [-0.39, 0.29) is 12.0 Å². The lowest BCUT2D eigenvalue weighted by Crippen LogP contribution is -2.34. The SMILES string of the molecule is O=C1NCc2c(OC3=COC(Cc4ccccc4)O3)ccnc2N1. The summed E-state index contributed by atoms with van der Waals surface area (Å²) < 4.78 is 16.9. The van der Waals surface area contributed by atoms with Gasteiger partial charge in [0.25, 0.3) is 0 Å². The van der Waals surface area contributed by atoms with E-state index in [1.54, 1.807) is 12.3 Å². The third-order valence-corrected chi connectivity index (χ3v) is 3.69. The van der Waals surface area contributed by atoms with Crippen LogP contribution in [0.2, 0.25) is 0 Å². The zero-order chi connectivity index (χ0) is 16.4. The number of carbonyl (C=O) groups excluding carboxylic acids is 1. The molecular weight excluding hydrogens is 310 g/mol. The van der Waals surface area contributed by atoms with E-state index in [4.69, 9.17) is 14.2 Å². The number of fused-ring (bicyclic) bond motifs is 1. The number of rotatable bonds is 4. The Morgan fingerprint density at radius 1 is 1.25 bits per heavy atom. The molecule has 2 aliphatic rings. The molecule has 1 unspecified atom stereocenters. The fraction of sp³-hybridized carbons (Fsp3) is 0.176. The minimum absolute atomic E-state index is 0.279. The minimum Gasteiger partial charge on any atom is -0.455 e. The Labute approximate surface area is 138 Å². The predicted octanol–water partition coefficient (Wildman–Crippen LogP) is 2.51. The third kappa shape index (κ3) is 2.96. The third-order valence-electron chi connectivity index (χ3n) is 3.69. The van der Waals surface area contributed by atoms with Crippen LogP contribution in [0.4, 0.5) is 10.6 Å². The minimum atomic E-state index is -0.419. The molecule has 0 aliphatic carbocycles. The number of carbonyl (C=O) groups is 1. The largest absolute Gasteiger partial charge is 0.455 e. The second-order valence-corrected chi connectivity index (χ2v) is 5.36. The number of nitrogens with one attached hydrogen (secondary N) is 2. The van der Waals surface area contributed by atoms with Crippen molar-refractivity contribution in [3.63, 3.8) is 0 Å². The van der Waals surface area contributed by atoms with Gasteiger partial charge >= 0.3 is 12.0 Å². The maximum Gasteiger partial charge on any atom is 0.324 e. The number of urea groups is 1. The molecule has 3 heterocycles. The molecule has 7 heteroatoms. The number of nitrogens with zero attached hydrogens (tertiary/aromatic N) is 1. The highest BCUT2D eigenvalue weighted by Crippen LogP contribution is 2.29. The van der Waals surface area contributed by atoms with Gasteiger partial charge in [-0.25, -0.2) is 9.78 Å². The number of ether oxygens (including phenoxy) is 3. The molecule has 7 nitrogen and oxygen atoms in total. The van der Waals surface area contributed by atoms with Crippen LogP contribution in [-0.4, -0.2) is 17.3 Å². The number of aromatic nitrogens is 1. The zero-order valence-corrected chi connectivity index (χ0v) is 12.7. The molecule has 24 heavy (non-hydrogen) atoms. The van der Waals surface area contributed by atoms with Crippen molar-refractivity contribution in [2.45, 2.75) is 19.3 Å². The first-order chi connectivity index (χ1) is 11.8. The Balaban J connectivity index is 1.42. The van der Waals surface area contributed by atoms with Crippen molar-refractivity contribution in [1.82, 2.24) is 10.3 Å². The molecule has 1 aromatic heterocycles. The van der Waals surface area contributed by atoms with Crippen molar-refractivity contribution in [2.24, 2.45) is 0 Å². The van der Waals surface area contributed by atoms with Gasteiger partial charge in [0.05, 0.1) is 12.1 Å². The molecule has 2 amide bonds. The molecule has 2 N–H and O–H groups in total. The summed E-state index contributed by atoms with van der Waals surface area (Å²) >= 11 is 0. The van der Waals surface area contributed by atoms with Gasteiger partial charge in [-0.2, -0.15) is 0 Å². The summed E-state index contributed by atoms with van der Waals surface area (Å²) in [6, 6.07) is 11.4. The Hall–Kier alpha value is -3.22. The van der Waals surface area contributed by atoms with E-state index in [2.05, 4.69) is 15.6 Å². The topological polar surface area (TPSA) is 81.7 Å². The van der Waals surface area contributed by atoms with Crippen LogP contribution in [-0.2, 0) is 22.4 Å². The maximum absolute atomic E-state index is 11.3. The van der Waals surface area contributed by atoms with Crippen molar-refractivity contribution < 1.29 is 19.0 Å². The van der Waals surface area contributed by atoms with Gasteiger partial charge in [-0.3, -0.25) is 5.32 Å². The van der Waals surface area contributed by atoms with Gasteiger partial charge < -0.3 is 19.5 Å². The Morgan fingerprint density at radius 3 is 3.00 bits per heavy atom. The molecule has 0 spiro atoms. The van der Waals surface area contributed by atoms with Crippen LogP contribution in [0, 0.1) is 0 Å². The monoisotopic (exact) mass is 325 g/mol. The molecule has 0 radical (unpaired) electrons. The average molecular weight is 325 g/mol. The van der Waals surface area contributed by atoms with E-state index in [1.807, 2.05) is 30.3 Å². The highest BCUT2D eigenvalue weighted by atomic mass is 16.8. The van der Waals surface area contributed by atoms with Crippen molar-refractivity contribution >= 4 is 11.8 Å². The van der Waals surface area contributed by atoms with Crippen LogP contribution in [0.3, 0.4) is 0 Å². The van der Waals surface area contributed by atoms with Gasteiger partial charge in [0.1, 0.15) is 11.6 Å². The van der Waals surface area contributed by atoms with Gasteiger partial charge in [-0.1, -0.05) is 30.3 Å². The summed E-state index contributed by atoms with van der Waals surface area (Å²) in [5, 5.41) is 5.32. The van der Waals surface area contributed by atoms with Crippen LogP contribution in [0.15, 0.2) is 54.8 Å². The first kappa shape index (κ1) is 14.4. The quantitative estimate of drug-likeness (QED) is 0.902. The van der Waals surface area contributed by atoms with Crippen molar-refractivity contribution in [3.8, 4) is 5.75 Å². The molecule has 0 saturated carbocycles. The molecule has 1 aromatic carbocycles. The fourth-order valence-corrected chi connectivity index (χ4v) is 2.54. The molecule has 0 fully saturated rings. The highest BCUT2D eigenvalue weighted by Gasteiger charge is 2.24.